The van der Waals surface area contributed by atoms with Crippen LogP contribution in [0, 0.1) is 5.92 Å². The number of alkyl halides is 3. The number of rotatable bonds is 4. The first-order valence-electron chi connectivity index (χ1n) is 9.96. The summed E-state index contributed by atoms with van der Waals surface area (Å²) in [6, 6.07) is 4.91. The zero-order valence-corrected chi connectivity index (χ0v) is 17.6. The SMILES string of the molecule is CC(C)(NC(=O)O[C@@H]1CN2CCC1CC2)c1csc(-c2ccc(C(F)(F)F)cc2)n1. The summed E-state index contributed by atoms with van der Waals surface area (Å²) >= 11 is 1.32. The normalized spacial score (nSPS) is 24.0. The molecule has 1 amide bonds. The van der Waals surface area contributed by atoms with Gasteiger partial charge in [-0.2, -0.15) is 13.2 Å². The van der Waals surface area contributed by atoms with Gasteiger partial charge in [0.1, 0.15) is 11.1 Å². The second-order valence-corrected chi connectivity index (χ2v) is 9.30. The number of carbonyl (C=O) groups excluding carboxylic acids is 1. The number of piperidine rings is 3. The number of hydrogen-bond acceptors (Lipinski definition) is 5. The smallest absolute Gasteiger partial charge is 0.416 e. The molecule has 2 aromatic rings. The van der Waals surface area contributed by atoms with E-state index in [0.717, 1.165) is 44.6 Å². The lowest BCUT2D eigenvalue weighted by Gasteiger charge is -2.44. The standard InChI is InChI=1S/C21H24F3N3O2S/c1-20(2,26-19(28)29-16-11-27-9-7-13(16)8-10-27)17-12-30-18(25-17)14-3-5-15(6-4-14)21(22,23)24/h3-6,12-13,16H,7-11H2,1-2H3,(H,26,28)/t16-/m1/s1. The molecular weight excluding hydrogens is 415 g/mol. The van der Waals surface area contributed by atoms with E-state index in [9.17, 15) is 18.0 Å². The summed E-state index contributed by atoms with van der Waals surface area (Å²) < 4.78 is 44.0. The highest BCUT2D eigenvalue weighted by Gasteiger charge is 2.37. The number of hydrogen-bond donors (Lipinski definition) is 1. The third-order valence-electron chi connectivity index (χ3n) is 5.87. The van der Waals surface area contributed by atoms with Gasteiger partial charge in [-0.25, -0.2) is 9.78 Å². The van der Waals surface area contributed by atoms with Crippen molar-refractivity contribution in [2.45, 2.75) is 44.5 Å². The highest BCUT2D eigenvalue weighted by Crippen LogP contribution is 2.33. The summed E-state index contributed by atoms with van der Waals surface area (Å²) in [5, 5.41) is 5.29. The molecule has 1 aromatic carbocycles. The molecule has 4 heterocycles. The summed E-state index contributed by atoms with van der Waals surface area (Å²) in [6.07, 6.45) is -2.80. The van der Waals surface area contributed by atoms with Crippen LogP contribution < -0.4 is 5.32 Å². The maximum atomic E-state index is 12.8. The molecule has 0 unspecified atom stereocenters. The number of nitrogens with zero attached hydrogens (tertiary/aromatic N) is 2. The third kappa shape index (κ3) is 4.46. The Morgan fingerprint density at radius 2 is 1.87 bits per heavy atom. The summed E-state index contributed by atoms with van der Waals surface area (Å²) in [5.41, 5.74) is -0.232. The first kappa shape index (κ1) is 21.1. The lowest BCUT2D eigenvalue weighted by Crippen LogP contribution is -2.53. The summed E-state index contributed by atoms with van der Waals surface area (Å²) in [7, 11) is 0. The molecule has 0 saturated carbocycles. The number of aromatic nitrogens is 1. The van der Waals surface area contributed by atoms with E-state index >= 15 is 0 Å². The van der Waals surface area contributed by atoms with Crippen molar-refractivity contribution in [2.24, 2.45) is 5.92 Å². The van der Waals surface area contributed by atoms with Gasteiger partial charge in [0.05, 0.1) is 16.8 Å². The van der Waals surface area contributed by atoms with Crippen LogP contribution in [0.15, 0.2) is 29.6 Å². The van der Waals surface area contributed by atoms with Crippen LogP contribution in [-0.2, 0) is 16.5 Å². The van der Waals surface area contributed by atoms with Crippen LogP contribution in [0.2, 0.25) is 0 Å². The molecule has 5 nitrogen and oxygen atoms in total. The topological polar surface area (TPSA) is 54.5 Å². The molecule has 2 bridgehead atoms. The highest BCUT2D eigenvalue weighted by molar-refractivity contribution is 7.13. The predicted molar refractivity (Wildman–Crippen MR) is 108 cm³/mol. The number of thiazole rings is 1. The van der Waals surface area contributed by atoms with E-state index in [0.29, 0.717) is 22.2 Å². The van der Waals surface area contributed by atoms with E-state index < -0.39 is 23.4 Å². The second-order valence-electron chi connectivity index (χ2n) is 8.44. The molecular formula is C21H24F3N3O2S. The largest absolute Gasteiger partial charge is 0.445 e. The van der Waals surface area contributed by atoms with Gasteiger partial charge in [-0.15, -0.1) is 11.3 Å². The van der Waals surface area contributed by atoms with Crippen LogP contribution in [0.25, 0.3) is 10.6 Å². The van der Waals surface area contributed by atoms with Crippen LogP contribution in [0.1, 0.15) is 37.9 Å². The average Bonchev–Trinajstić information content (AvgIpc) is 3.19. The second kappa shape index (κ2) is 7.85. The minimum Gasteiger partial charge on any atom is -0.445 e. The Kier molecular flexibility index (Phi) is 5.52. The van der Waals surface area contributed by atoms with Crippen LogP contribution in [0.3, 0.4) is 0 Å². The molecule has 1 atom stereocenters. The van der Waals surface area contributed by atoms with E-state index in [4.69, 9.17) is 4.74 Å². The van der Waals surface area contributed by atoms with E-state index in [-0.39, 0.29) is 6.10 Å². The highest BCUT2D eigenvalue weighted by atomic mass is 32.1. The number of carbonyl (C=O) groups is 1. The van der Waals surface area contributed by atoms with Gasteiger partial charge >= 0.3 is 12.3 Å². The van der Waals surface area contributed by atoms with Gasteiger partial charge in [0, 0.05) is 17.5 Å². The molecule has 162 valence electrons. The van der Waals surface area contributed by atoms with Crippen LogP contribution in [0.5, 0.6) is 0 Å². The Labute approximate surface area is 177 Å². The number of amides is 1. The van der Waals surface area contributed by atoms with Crippen molar-refractivity contribution in [1.29, 1.82) is 0 Å². The molecule has 9 heteroatoms. The maximum absolute atomic E-state index is 12.8. The minimum absolute atomic E-state index is 0.0820. The first-order valence-corrected chi connectivity index (χ1v) is 10.8. The Hall–Kier alpha value is -2.13. The van der Waals surface area contributed by atoms with Crippen molar-refractivity contribution in [2.75, 3.05) is 19.6 Å². The summed E-state index contributed by atoms with van der Waals surface area (Å²) in [6.45, 7) is 6.59. The Balaban J connectivity index is 1.41. The van der Waals surface area contributed by atoms with Crippen molar-refractivity contribution < 1.29 is 22.7 Å². The third-order valence-corrected chi connectivity index (χ3v) is 6.76. The molecule has 3 aliphatic rings. The molecule has 3 fully saturated rings. The zero-order chi connectivity index (χ0) is 21.5. The number of halogens is 3. The monoisotopic (exact) mass is 439 g/mol. The Morgan fingerprint density at radius 1 is 1.20 bits per heavy atom. The van der Waals surface area contributed by atoms with Crippen molar-refractivity contribution in [1.82, 2.24) is 15.2 Å². The maximum Gasteiger partial charge on any atom is 0.416 e. The van der Waals surface area contributed by atoms with E-state index in [1.165, 1.54) is 23.5 Å². The van der Waals surface area contributed by atoms with Gasteiger partial charge in [-0.3, -0.25) is 4.90 Å². The molecule has 1 N–H and O–H groups in total. The van der Waals surface area contributed by atoms with Crippen LogP contribution >= 0.6 is 11.3 Å². The predicted octanol–water partition coefficient (Wildman–Crippen LogP) is 4.88. The quantitative estimate of drug-likeness (QED) is 0.738. The molecule has 3 saturated heterocycles. The summed E-state index contributed by atoms with van der Waals surface area (Å²) in [4.78, 5) is 19.4. The average molecular weight is 440 g/mol. The fourth-order valence-corrected chi connectivity index (χ4v) is 5.02. The van der Waals surface area contributed by atoms with Crippen molar-refractivity contribution in [3.05, 3.63) is 40.9 Å². The number of nitrogens with one attached hydrogen (secondary N) is 1. The number of alkyl carbamates (subject to hydrolysis) is 1. The number of ether oxygens (including phenoxy) is 1. The zero-order valence-electron chi connectivity index (χ0n) is 16.8. The van der Waals surface area contributed by atoms with Gasteiger partial charge in [0.15, 0.2) is 0 Å². The molecule has 3 aliphatic heterocycles. The van der Waals surface area contributed by atoms with Gasteiger partial charge in [0.2, 0.25) is 0 Å². The molecule has 30 heavy (non-hydrogen) atoms. The fraction of sp³-hybridized carbons (Fsp3) is 0.524. The Morgan fingerprint density at radius 3 is 2.43 bits per heavy atom. The van der Waals surface area contributed by atoms with Crippen LogP contribution in [-0.4, -0.2) is 41.7 Å². The molecule has 5 rings (SSSR count). The van der Waals surface area contributed by atoms with E-state index in [1.807, 2.05) is 19.2 Å². The van der Waals surface area contributed by atoms with Gasteiger partial charge in [-0.05, 0) is 57.8 Å². The Bertz CT molecular complexity index is 903. The van der Waals surface area contributed by atoms with Gasteiger partial charge in [0.25, 0.3) is 0 Å². The van der Waals surface area contributed by atoms with Gasteiger partial charge < -0.3 is 10.1 Å². The number of benzene rings is 1. The lowest BCUT2D eigenvalue weighted by atomic mass is 9.86. The molecule has 0 spiro atoms. The van der Waals surface area contributed by atoms with Crippen molar-refractivity contribution in [3.63, 3.8) is 0 Å². The lowest BCUT2D eigenvalue weighted by molar-refractivity contribution is -0.137. The minimum atomic E-state index is -4.37. The van der Waals surface area contributed by atoms with Crippen molar-refractivity contribution in [3.8, 4) is 10.6 Å². The fourth-order valence-electron chi connectivity index (χ4n) is 4.03. The van der Waals surface area contributed by atoms with Crippen molar-refractivity contribution >= 4 is 17.4 Å². The number of fused-ring (bicyclic) bond motifs is 3. The first-order chi connectivity index (χ1) is 14.1. The van der Waals surface area contributed by atoms with E-state index in [1.54, 1.807) is 0 Å². The van der Waals surface area contributed by atoms with Crippen LogP contribution in [0.4, 0.5) is 18.0 Å². The molecule has 1 aromatic heterocycles. The summed E-state index contributed by atoms with van der Waals surface area (Å²) in [5.74, 6) is 0.425. The molecule has 0 aliphatic carbocycles. The van der Waals surface area contributed by atoms with Gasteiger partial charge in [-0.1, -0.05) is 12.1 Å². The van der Waals surface area contributed by atoms with E-state index in [2.05, 4.69) is 15.2 Å². The molecule has 0 radical (unpaired) electrons.